The maximum absolute atomic E-state index is 12.6. The van der Waals surface area contributed by atoms with Crippen molar-refractivity contribution in [1.29, 1.82) is 5.26 Å². The number of hydrogen-bond donors (Lipinski definition) is 1. The van der Waals surface area contributed by atoms with Crippen LogP contribution in [-0.2, 0) is 13.0 Å². The van der Waals surface area contributed by atoms with Crippen LogP contribution < -0.4 is 5.73 Å². The lowest BCUT2D eigenvalue weighted by molar-refractivity contribution is 0.150. The second kappa shape index (κ2) is 5.14. The van der Waals surface area contributed by atoms with Gasteiger partial charge in [0.05, 0.1) is 18.2 Å². The summed E-state index contributed by atoms with van der Waals surface area (Å²) in [6.07, 6.45) is -2.63. The Morgan fingerprint density at radius 3 is 2.73 bits per heavy atom. The van der Waals surface area contributed by atoms with E-state index in [9.17, 15) is 8.78 Å². The number of rotatable bonds is 3. The minimum atomic E-state index is -2.61. The zero-order chi connectivity index (χ0) is 11.4. The number of aromatic nitrogens is 1. The Morgan fingerprint density at radius 2 is 2.27 bits per heavy atom. The van der Waals surface area contributed by atoms with Gasteiger partial charge in [-0.05, 0) is 27.6 Å². The molecule has 80 valence electrons. The van der Waals surface area contributed by atoms with Crippen molar-refractivity contribution < 1.29 is 8.78 Å². The van der Waals surface area contributed by atoms with Gasteiger partial charge in [-0.3, -0.25) is 0 Å². The molecule has 0 fully saturated rings. The molecule has 1 aromatic rings. The number of nitrogens with two attached hydrogens (primary N) is 1. The minimum absolute atomic E-state index is 0.0221. The first-order valence-electron chi connectivity index (χ1n) is 4.13. The summed E-state index contributed by atoms with van der Waals surface area (Å²) in [6.45, 7) is -0.0447. The smallest absolute Gasteiger partial charge is 0.264 e. The van der Waals surface area contributed by atoms with Crippen LogP contribution >= 0.6 is 15.9 Å². The van der Waals surface area contributed by atoms with Crippen molar-refractivity contribution in [2.45, 2.75) is 19.4 Å². The molecule has 0 spiro atoms. The molecule has 2 N–H and O–H groups in total. The van der Waals surface area contributed by atoms with Gasteiger partial charge >= 0.3 is 0 Å². The lowest BCUT2D eigenvalue weighted by atomic mass is 10.1. The highest BCUT2D eigenvalue weighted by molar-refractivity contribution is 9.10. The summed E-state index contributed by atoms with van der Waals surface area (Å²) < 4.78 is 25.5. The van der Waals surface area contributed by atoms with Crippen molar-refractivity contribution in [2.75, 3.05) is 0 Å². The van der Waals surface area contributed by atoms with Crippen molar-refractivity contribution in [3.8, 4) is 6.07 Å². The summed E-state index contributed by atoms with van der Waals surface area (Å²) in [5.41, 5.74) is 5.78. The first-order chi connectivity index (χ1) is 7.10. The van der Waals surface area contributed by atoms with Crippen molar-refractivity contribution in [3.63, 3.8) is 0 Å². The van der Waals surface area contributed by atoms with Crippen molar-refractivity contribution in [2.24, 2.45) is 5.73 Å². The molecule has 3 nitrogen and oxygen atoms in total. The third-order valence-corrected chi connectivity index (χ3v) is 2.31. The largest absolute Gasteiger partial charge is 0.326 e. The van der Waals surface area contributed by atoms with E-state index in [1.54, 1.807) is 0 Å². The summed E-state index contributed by atoms with van der Waals surface area (Å²) in [6, 6.07) is 3.10. The molecule has 1 aromatic heterocycles. The van der Waals surface area contributed by atoms with E-state index < -0.39 is 6.43 Å². The van der Waals surface area contributed by atoms with E-state index in [2.05, 4.69) is 20.9 Å². The molecule has 0 aliphatic rings. The average Bonchev–Trinajstić information content (AvgIpc) is 2.17. The van der Waals surface area contributed by atoms with E-state index in [4.69, 9.17) is 11.0 Å². The molecule has 0 saturated heterocycles. The van der Waals surface area contributed by atoms with Crippen LogP contribution in [0.3, 0.4) is 0 Å². The Kier molecular flexibility index (Phi) is 4.12. The molecule has 0 aromatic carbocycles. The van der Waals surface area contributed by atoms with Crippen LogP contribution in [0.15, 0.2) is 10.7 Å². The highest BCUT2D eigenvalue weighted by Crippen LogP contribution is 2.27. The highest BCUT2D eigenvalue weighted by Gasteiger charge is 2.17. The average molecular weight is 276 g/mol. The minimum Gasteiger partial charge on any atom is -0.326 e. The fraction of sp³-hybridized carbons (Fsp3) is 0.333. The lowest BCUT2D eigenvalue weighted by Crippen LogP contribution is -2.08. The van der Waals surface area contributed by atoms with Crippen LogP contribution in [-0.4, -0.2) is 4.98 Å². The molecule has 6 heteroatoms. The predicted octanol–water partition coefficient (Wildman–Crippen LogP) is 2.31. The molecule has 0 atom stereocenters. The number of hydrogen-bond acceptors (Lipinski definition) is 3. The Balaban J connectivity index is 3.33. The van der Waals surface area contributed by atoms with E-state index in [-0.39, 0.29) is 24.1 Å². The number of pyridine rings is 1. The third kappa shape index (κ3) is 2.70. The molecule has 0 amide bonds. The molecule has 0 aliphatic heterocycles. The molecule has 15 heavy (non-hydrogen) atoms. The summed E-state index contributed by atoms with van der Waals surface area (Å²) in [4.78, 5) is 3.96. The fourth-order valence-electron chi connectivity index (χ4n) is 1.26. The van der Waals surface area contributed by atoms with Gasteiger partial charge in [-0.1, -0.05) is 0 Å². The zero-order valence-electron chi connectivity index (χ0n) is 7.67. The van der Waals surface area contributed by atoms with E-state index in [0.717, 1.165) is 0 Å². The SMILES string of the molecule is N#CCc1nc(Br)cc(C(F)F)c1CN. The quantitative estimate of drug-likeness (QED) is 0.861. The third-order valence-electron chi connectivity index (χ3n) is 1.90. The van der Waals surface area contributed by atoms with E-state index in [1.807, 2.05) is 6.07 Å². The summed E-state index contributed by atoms with van der Waals surface area (Å²) in [7, 11) is 0. The Hall–Kier alpha value is -1.06. The maximum Gasteiger partial charge on any atom is 0.264 e. The monoisotopic (exact) mass is 275 g/mol. The summed E-state index contributed by atoms with van der Waals surface area (Å²) in [5, 5.41) is 8.53. The molecule has 1 rings (SSSR count). The first-order valence-corrected chi connectivity index (χ1v) is 4.92. The highest BCUT2D eigenvalue weighted by atomic mass is 79.9. The topological polar surface area (TPSA) is 62.7 Å². The van der Waals surface area contributed by atoms with Crippen molar-refractivity contribution in [1.82, 2.24) is 4.98 Å². The summed E-state index contributed by atoms with van der Waals surface area (Å²) in [5.74, 6) is 0. The van der Waals surface area contributed by atoms with Crippen LogP contribution in [0.25, 0.3) is 0 Å². The van der Waals surface area contributed by atoms with Gasteiger partial charge in [0.1, 0.15) is 4.60 Å². The van der Waals surface area contributed by atoms with Crippen LogP contribution in [0.1, 0.15) is 23.2 Å². The van der Waals surface area contributed by atoms with E-state index in [1.165, 1.54) is 6.07 Å². The van der Waals surface area contributed by atoms with Crippen molar-refractivity contribution in [3.05, 3.63) is 27.5 Å². The standard InChI is InChI=1S/C9H8BrF2N3/c10-8-3-5(9(11)12)6(4-14)7(15-8)1-2-13/h3,9H,1,4,14H2. The molecular weight excluding hydrogens is 268 g/mol. The lowest BCUT2D eigenvalue weighted by Gasteiger charge is -2.10. The molecule has 0 bridgehead atoms. The van der Waals surface area contributed by atoms with Crippen molar-refractivity contribution >= 4 is 15.9 Å². The van der Waals surface area contributed by atoms with Gasteiger partial charge in [-0.15, -0.1) is 0 Å². The molecule has 0 unspecified atom stereocenters. The maximum atomic E-state index is 12.6. The Bertz CT molecular complexity index is 401. The van der Waals surface area contributed by atoms with Gasteiger partial charge in [-0.2, -0.15) is 5.26 Å². The summed E-state index contributed by atoms with van der Waals surface area (Å²) >= 11 is 3.02. The molecule has 0 aliphatic carbocycles. The van der Waals surface area contributed by atoms with Gasteiger partial charge in [0.25, 0.3) is 6.43 Å². The Labute approximate surface area is 94.0 Å². The van der Waals surface area contributed by atoms with Gasteiger partial charge in [0.2, 0.25) is 0 Å². The van der Waals surface area contributed by atoms with Gasteiger partial charge in [-0.25, -0.2) is 13.8 Å². The molecule has 0 radical (unpaired) electrons. The molecular formula is C9H8BrF2N3. The molecule has 0 saturated carbocycles. The predicted molar refractivity (Wildman–Crippen MR) is 54.1 cm³/mol. The Morgan fingerprint density at radius 1 is 1.60 bits per heavy atom. The van der Waals surface area contributed by atoms with Crippen LogP contribution in [0, 0.1) is 11.3 Å². The van der Waals surface area contributed by atoms with E-state index in [0.29, 0.717) is 10.3 Å². The van der Waals surface area contributed by atoms with Crippen LogP contribution in [0.2, 0.25) is 0 Å². The number of halogens is 3. The molecule has 1 heterocycles. The van der Waals surface area contributed by atoms with Crippen LogP contribution in [0.5, 0.6) is 0 Å². The number of nitriles is 1. The van der Waals surface area contributed by atoms with Crippen LogP contribution in [0.4, 0.5) is 8.78 Å². The first kappa shape index (κ1) is 12.0. The number of nitrogens with zero attached hydrogens (tertiary/aromatic N) is 2. The normalized spacial score (nSPS) is 10.4. The second-order valence-electron chi connectivity index (χ2n) is 2.80. The van der Waals surface area contributed by atoms with E-state index >= 15 is 0 Å². The fourth-order valence-corrected chi connectivity index (χ4v) is 1.72. The van der Waals surface area contributed by atoms with Gasteiger partial charge in [0, 0.05) is 12.1 Å². The van der Waals surface area contributed by atoms with Gasteiger partial charge in [0.15, 0.2) is 0 Å². The second-order valence-corrected chi connectivity index (χ2v) is 3.61. The van der Waals surface area contributed by atoms with Gasteiger partial charge < -0.3 is 5.73 Å². The number of alkyl halides is 2. The zero-order valence-corrected chi connectivity index (χ0v) is 9.26.